The Kier molecular flexibility index (Phi) is 4.61. The van der Waals surface area contributed by atoms with E-state index >= 15 is 0 Å². The van der Waals surface area contributed by atoms with Gasteiger partial charge in [-0.1, -0.05) is 23.7 Å². The highest BCUT2D eigenvalue weighted by atomic mass is 35.5. The molecule has 0 N–H and O–H groups in total. The molecule has 1 heterocycles. The molecular formula is C14H17ClO3. The summed E-state index contributed by atoms with van der Waals surface area (Å²) < 4.78 is 10.3. The van der Waals surface area contributed by atoms with Crippen molar-refractivity contribution in [2.24, 2.45) is 5.92 Å². The van der Waals surface area contributed by atoms with Crippen LogP contribution in [0.25, 0.3) is 0 Å². The van der Waals surface area contributed by atoms with Crippen LogP contribution in [0.4, 0.5) is 0 Å². The number of rotatable bonds is 5. The van der Waals surface area contributed by atoms with Crippen molar-refractivity contribution in [1.82, 2.24) is 0 Å². The number of halogens is 1. The minimum atomic E-state index is -0.212. The van der Waals surface area contributed by atoms with Crippen molar-refractivity contribution in [3.05, 3.63) is 34.9 Å². The lowest BCUT2D eigenvalue weighted by molar-refractivity contribution is -0.146. The van der Waals surface area contributed by atoms with E-state index in [0.29, 0.717) is 17.5 Å². The van der Waals surface area contributed by atoms with Gasteiger partial charge in [-0.3, -0.25) is 4.79 Å². The molecule has 1 aromatic carbocycles. The van der Waals surface area contributed by atoms with E-state index in [1.54, 1.807) is 12.1 Å². The summed E-state index contributed by atoms with van der Waals surface area (Å²) in [5.41, 5.74) is 0.963. The van der Waals surface area contributed by atoms with Crippen molar-refractivity contribution in [2.45, 2.75) is 19.3 Å². The van der Waals surface area contributed by atoms with Crippen molar-refractivity contribution in [1.29, 1.82) is 0 Å². The van der Waals surface area contributed by atoms with Gasteiger partial charge in [0, 0.05) is 10.9 Å². The highest BCUT2D eigenvalue weighted by Gasteiger charge is 2.29. The summed E-state index contributed by atoms with van der Waals surface area (Å²) >= 11 is 5.87. The van der Waals surface area contributed by atoms with Crippen LogP contribution in [0.15, 0.2) is 24.3 Å². The van der Waals surface area contributed by atoms with Crippen LogP contribution in [0.3, 0.4) is 0 Å². The number of hydrogen-bond acceptors (Lipinski definition) is 3. The lowest BCUT2D eigenvalue weighted by Gasteiger charge is -2.29. The van der Waals surface area contributed by atoms with Gasteiger partial charge in [0.2, 0.25) is 0 Å². The largest absolute Gasteiger partial charge is 0.466 e. The molecule has 0 amide bonds. The molecule has 1 unspecified atom stereocenters. The molecule has 1 aliphatic rings. The fourth-order valence-corrected chi connectivity index (χ4v) is 2.19. The number of benzene rings is 1. The molecular weight excluding hydrogens is 252 g/mol. The fraction of sp³-hybridized carbons (Fsp3) is 0.500. The van der Waals surface area contributed by atoms with Crippen LogP contribution in [-0.4, -0.2) is 25.8 Å². The van der Waals surface area contributed by atoms with E-state index < -0.39 is 0 Å². The standard InChI is InChI=1S/C14H17ClO3/c1-2-18-14(16)13(7-10-8-17-9-10)11-3-5-12(15)6-4-11/h3-6,10,13H,2,7-9H2,1H3. The molecule has 0 aromatic heterocycles. The zero-order valence-corrected chi connectivity index (χ0v) is 11.2. The molecule has 0 radical (unpaired) electrons. The average Bonchev–Trinajstić information content (AvgIpc) is 2.30. The quantitative estimate of drug-likeness (QED) is 0.770. The molecule has 18 heavy (non-hydrogen) atoms. The maximum atomic E-state index is 12.0. The van der Waals surface area contributed by atoms with E-state index in [-0.39, 0.29) is 11.9 Å². The van der Waals surface area contributed by atoms with Crippen molar-refractivity contribution >= 4 is 17.6 Å². The Hall–Kier alpha value is -1.06. The number of hydrogen-bond donors (Lipinski definition) is 0. The van der Waals surface area contributed by atoms with Gasteiger partial charge in [0.05, 0.1) is 25.7 Å². The minimum Gasteiger partial charge on any atom is -0.466 e. The Morgan fingerprint density at radius 2 is 2.11 bits per heavy atom. The smallest absolute Gasteiger partial charge is 0.313 e. The molecule has 1 atom stereocenters. The molecule has 1 aliphatic heterocycles. The lowest BCUT2D eigenvalue weighted by Crippen LogP contribution is -2.31. The van der Waals surface area contributed by atoms with E-state index in [0.717, 1.165) is 25.2 Å². The first-order chi connectivity index (χ1) is 8.70. The van der Waals surface area contributed by atoms with Crippen LogP contribution in [0.5, 0.6) is 0 Å². The molecule has 1 aromatic rings. The summed E-state index contributed by atoms with van der Waals surface area (Å²) in [7, 11) is 0. The van der Waals surface area contributed by atoms with Gasteiger partial charge in [-0.05, 0) is 31.0 Å². The predicted molar refractivity (Wildman–Crippen MR) is 69.8 cm³/mol. The van der Waals surface area contributed by atoms with Gasteiger partial charge < -0.3 is 9.47 Å². The Morgan fingerprint density at radius 3 is 2.61 bits per heavy atom. The molecule has 1 saturated heterocycles. The SMILES string of the molecule is CCOC(=O)C(CC1COC1)c1ccc(Cl)cc1. The molecule has 1 fully saturated rings. The predicted octanol–water partition coefficient (Wildman–Crippen LogP) is 3.02. The lowest BCUT2D eigenvalue weighted by atomic mass is 9.88. The van der Waals surface area contributed by atoms with Gasteiger partial charge in [-0.15, -0.1) is 0 Å². The average molecular weight is 269 g/mol. The molecule has 2 rings (SSSR count). The third kappa shape index (κ3) is 3.24. The second kappa shape index (κ2) is 6.21. The first-order valence-corrected chi connectivity index (χ1v) is 6.58. The first kappa shape index (κ1) is 13.4. The van der Waals surface area contributed by atoms with Crippen LogP contribution in [0.1, 0.15) is 24.8 Å². The van der Waals surface area contributed by atoms with Crippen LogP contribution >= 0.6 is 11.6 Å². The summed E-state index contributed by atoms with van der Waals surface area (Å²) in [4.78, 5) is 12.0. The van der Waals surface area contributed by atoms with Crippen molar-refractivity contribution in [3.63, 3.8) is 0 Å². The fourth-order valence-electron chi connectivity index (χ4n) is 2.06. The molecule has 3 nitrogen and oxygen atoms in total. The maximum absolute atomic E-state index is 12.0. The van der Waals surface area contributed by atoms with Crippen molar-refractivity contribution < 1.29 is 14.3 Å². The summed E-state index contributed by atoms with van der Waals surface area (Å²) in [6.45, 7) is 3.71. The minimum absolute atomic E-state index is 0.160. The summed E-state index contributed by atoms with van der Waals surface area (Å²) in [5, 5.41) is 0.674. The Balaban J connectivity index is 2.11. The van der Waals surface area contributed by atoms with Gasteiger partial charge >= 0.3 is 5.97 Å². The molecule has 0 spiro atoms. The second-order valence-corrected chi connectivity index (χ2v) is 4.93. The van der Waals surface area contributed by atoms with Crippen LogP contribution in [-0.2, 0) is 14.3 Å². The van der Waals surface area contributed by atoms with Gasteiger partial charge in [0.1, 0.15) is 0 Å². The van der Waals surface area contributed by atoms with Gasteiger partial charge in [-0.2, -0.15) is 0 Å². The van der Waals surface area contributed by atoms with E-state index in [4.69, 9.17) is 21.1 Å². The zero-order chi connectivity index (χ0) is 13.0. The number of ether oxygens (including phenoxy) is 2. The van der Waals surface area contributed by atoms with Crippen molar-refractivity contribution in [3.8, 4) is 0 Å². The molecule has 0 bridgehead atoms. The number of carbonyl (C=O) groups excluding carboxylic acids is 1. The number of esters is 1. The molecule has 98 valence electrons. The molecule has 0 aliphatic carbocycles. The van der Waals surface area contributed by atoms with Crippen LogP contribution in [0, 0.1) is 5.92 Å². The highest BCUT2D eigenvalue weighted by Crippen LogP contribution is 2.29. The highest BCUT2D eigenvalue weighted by molar-refractivity contribution is 6.30. The van der Waals surface area contributed by atoms with Crippen molar-refractivity contribution in [2.75, 3.05) is 19.8 Å². The zero-order valence-electron chi connectivity index (χ0n) is 10.4. The van der Waals surface area contributed by atoms with Gasteiger partial charge in [0.25, 0.3) is 0 Å². The first-order valence-electron chi connectivity index (χ1n) is 6.20. The molecule has 0 saturated carbocycles. The summed E-state index contributed by atoms with van der Waals surface area (Å²) in [6, 6.07) is 7.40. The van der Waals surface area contributed by atoms with E-state index in [1.807, 2.05) is 19.1 Å². The van der Waals surface area contributed by atoms with E-state index in [1.165, 1.54) is 0 Å². The van der Waals surface area contributed by atoms with Crippen LogP contribution < -0.4 is 0 Å². The Labute approximate surface area is 112 Å². The maximum Gasteiger partial charge on any atom is 0.313 e. The summed E-state index contributed by atoms with van der Waals surface area (Å²) in [6.07, 6.45) is 0.778. The monoisotopic (exact) mass is 268 g/mol. The Morgan fingerprint density at radius 1 is 1.44 bits per heavy atom. The second-order valence-electron chi connectivity index (χ2n) is 4.50. The van der Waals surface area contributed by atoms with Gasteiger partial charge in [-0.25, -0.2) is 0 Å². The van der Waals surface area contributed by atoms with E-state index in [9.17, 15) is 4.79 Å². The third-order valence-corrected chi connectivity index (χ3v) is 3.37. The number of carbonyl (C=O) groups is 1. The summed E-state index contributed by atoms with van der Waals surface area (Å²) in [5.74, 6) is 0.0814. The van der Waals surface area contributed by atoms with E-state index in [2.05, 4.69) is 0 Å². The normalized spacial score (nSPS) is 17.0. The molecule has 4 heteroatoms. The Bertz CT molecular complexity index is 398. The van der Waals surface area contributed by atoms with Gasteiger partial charge in [0.15, 0.2) is 0 Å². The third-order valence-electron chi connectivity index (χ3n) is 3.12. The topological polar surface area (TPSA) is 35.5 Å². The van der Waals surface area contributed by atoms with Crippen LogP contribution in [0.2, 0.25) is 5.02 Å².